The molecule has 0 aromatic rings. The minimum Gasteiger partial charge on any atom is -0.481 e. The molecule has 2 unspecified atom stereocenters. The molecule has 38 heavy (non-hydrogen) atoms. The van der Waals surface area contributed by atoms with Crippen LogP contribution < -0.4 is 0 Å². The summed E-state index contributed by atoms with van der Waals surface area (Å²) in [5.41, 5.74) is 0.848. The van der Waals surface area contributed by atoms with Gasteiger partial charge >= 0.3 is 11.9 Å². The summed E-state index contributed by atoms with van der Waals surface area (Å²) < 4.78 is 5.89. The third kappa shape index (κ3) is 3.08. The van der Waals surface area contributed by atoms with E-state index in [1.165, 1.54) is 6.92 Å². The predicted octanol–water partition coefficient (Wildman–Crippen LogP) is 7.37. The van der Waals surface area contributed by atoms with Crippen LogP contribution in [0.2, 0.25) is 0 Å². The number of esters is 1. The Kier molecular flexibility index (Phi) is 6.02. The number of carbonyl (C=O) groups excluding carboxylic acids is 2. The molecule has 0 radical (unpaired) electrons. The molecule has 0 heterocycles. The first-order valence-electron chi connectivity index (χ1n) is 15.1. The Morgan fingerprint density at radius 2 is 1.47 bits per heavy atom. The molecule has 5 aliphatic rings. The zero-order chi connectivity index (χ0) is 28.3. The first-order valence-corrected chi connectivity index (χ1v) is 15.1. The van der Waals surface area contributed by atoms with Crippen molar-refractivity contribution in [2.75, 3.05) is 0 Å². The van der Waals surface area contributed by atoms with E-state index in [1.807, 2.05) is 0 Å². The number of hydrogen-bond acceptors (Lipinski definition) is 4. The van der Waals surface area contributed by atoms with Gasteiger partial charge in [-0.3, -0.25) is 14.4 Å². The second-order valence-electron chi connectivity index (χ2n) is 15.6. The van der Waals surface area contributed by atoms with Gasteiger partial charge in [-0.15, -0.1) is 0 Å². The van der Waals surface area contributed by atoms with Crippen LogP contribution in [0.15, 0.2) is 11.1 Å². The van der Waals surface area contributed by atoms with Gasteiger partial charge in [-0.05, 0) is 102 Å². The molecule has 8 atom stereocenters. The zero-order valence-corrected chi connectivity index (χ0v) is 25.3. The van der Waals surface area contributed by atoms with Crippen molar-refractivity contribution in [1.29, 1.82) is 0 Å². The number of ketones is 1. The summed E-state index contributed by atoms with van der Waals surface area (Å²) in [6, 6.07) is 0. The maximum atomic E-state index is 13.4. The molecule has 4 fully saturated rings. The normalized spacial score (nSPS) is 47.6. The SMILES string of the molecule is CC(=O)O[C@H]1CC[C@@]2(C)[C@@H](CC[C@]3(C)[C@]2(C)CCC2C4=C(C(C)C)C(=O)CC4(C(=O)O)CC[C@]23C)C1(C)C. The summed E-state index contributed by atoms with van der Waals surface area (Å²) in [4.78, 5) is 38.2. The van der Waals surface area contributed by atoms with Crippen LogP contribution in [0.5, 0.6) is 0 Å². The summed E-state index contributed by atoms with van der Waals surface area (Å²) in [5, 5.41) is 10.6. The van der Waals surface area contributed by atoms with E-state index in [2.05, 4.69) is 55.4 Å². The van der Waals surface area contributed by atoms with Crippen molar-refractivity contribution in [3.05, 3.63) is 11.1 Å². The van der Waals surface area contributed by atoms with E-state index in [0.717, 1.165) is 56.1 Å². The van der Waals surface area contributed by atoms with Crippen LogP contribution in [0, 0.1) is 50.2 Å². The van der Waals surface area contributed by atoms with E-state index in [0.29, 0.717) is 12.3 Å². The van der Waals surface area contributed by atoms with Crippen LogP contribution in [0.25, 0.3) is 0 Å². The molecule has 0 aliphatic heterocycles. The monoisotopic (exact) mass is 526 g/mol. The van der Waals surface area contributed by atoms with Crippen LogP contribution in [0.4, 0.5) is 0 Å². The van der Waals surface area contributed by atoms with Gasteiger partial charge < -0.3 is 9.84 Å². The van der Waals surface area contributed by atoms with E-state index >= 15 is 0 Å². The Labute approximate surface area is 229 Å². The smallest absolute Gasteiger partial charge is 0.314 e. The molecule has 212 valence electrons. The van der Waals surface area contributed by atoms with E-state index in [-0.39, 0.29) is 63.2 Å². The molecule has 4 saturated carbocycles. The number of ether oxygens (including phenoxy) is 1. The van der Waals surface area contributed by atoms with E-state index in [1.54, 1.807) is 0 Å². The Hall–Kier alpha value is -1.65. The molecule has 0 aromatic carbocycles. The Morgan fingerprint density at radius 3 is 2.05 bits per heavy atom. The van der Waals surface area contributed by atoms with E-state index in [9.17, 15) is 19.5 Å². The molecule has 0 saturated heterocycles. The van der Waals surface area contributed by atoms with Gasteiger partial charge in [0.25, 0.3) is 0 Å². The standard InChI is InChI=1S/C33H50O5/c1-19(2)25-22(35)18-33(27(36)37)17-16-29(6)21(26(25)33)10-14-32(9)30(7)13-12-24(38-20(3)34)28(4,5)23(30)11-15-31(29,32)8/h19,21,23-24H,10-18H2,1-9H3,(H,36,37)/t21?,23-,24-,29+,30-,31-,32+,33?/m0/s1. The summed E-state index contributed by atoms with van der Waals surface area (Å²) in [5.74, 6) is -0.269. The van der Waals surface area contributed by atoms with Crippen molar-refractivity contribution in [2.24, 2.45) is 50.2 Å². The van der Waals surface area contributed by atoms with Gasteiger partial charge in [-0.1, -0.05) is 55.4 Å². The first-order chi connectivity index (χ1) is 17.4. The van der Waals surface area contributed by atoms with Gasteiger partial charge in [0.1, 0.15) is 6.10 Å². The highest BCUT2D eigenvalue weighted by molar-refractivity contribution is 6.05. The van der Waals surface area contributed by atoms with Gasteiger partial charge in [-0.2, -0.15) is 0 Å². The number of allylic oxidation sites excluding steroid dienone is 1. The van der Waals surface area contributed by atoms with Crippen molar-refractivity contribution in [1.82, 2.24) is 0 Å². The Balaban J connectivity index is 1.62. The van der Waals surface area contributed by atoms with Gasteiger partial charge in [0.15, 0.2) is 5.78 Å². The molecule has 1 N–H and O–H groups in total. The summed E-state index contributed by atoms with van der Waals surface area (Å²) in [6.07, 6.45) is 7.64. The fourth-order valence-corrected chi connectivity index (χ4v) is 11.7. The van der Waals surface area contributed by atoms with Gasteiger partial charge in [0, 0.05) is 18.8 Å². The molecule has 5 rings (SSSR count). The second kappa shape index (κ2) is 8.19. The number of carboxylic acids is 1. The minimum absolute atomic E-state index is 0.0178. The van der Waals surface area contributed by atoms with Gasteiger partial charge in [-0.25, -0.2) is 0 Å². The number of carboxylic acid groups (broad SMARTS) is 1. The molecular weight excluding hydrogens is 476 g/mol. The quantitative estimate of drug-likeness (QED) is 0.388. The third-order valence-electron chi connectivity index (χ3n) is 14.1. The lowest BCUT2D eigenvalue weighted by Crippen LogP contribution is -2.70. The fourth-order valence-electron chi connectivity index (χ4n) is 11.7. The van der Waals surface area contributed by atoms with E-state index in [4.69, 9.17) is 4.74 Å². The molecule has 5 heteroatoms. The zero-order valence-electron chi connectivity index (χ0n) is 25.3. The van der Waals surface area contributed by atoms with Crippen LogP contribution in [0.3, 0.4) is 0 Å². The topological polar surface area (TPSA) is 80.7 Å². The highest BCUT2D eigenvalue weighted by atomic mass is 16.5. The molecule has 0 aromatic heterocycles. The molecule has 5 nitrogen and oxygen atoms in total. The highest BCUT2D eigenvalue weighted by Gasteiger charge is 2.75. The van der Waals surface area contributed by atoms with Gasteiger partial charge in [0.05, 0.1) is 5.41 Å². The second-order valence-corrected chi connectivity index (χ2v) is 15.6. The largest absolute Gasteiger partial charge is 0.481 e. The average Bonchev–Trinajstić information content (AvgIpc) is 3.11. The summed E-state index contributed by atoms with van der Waals surface area (Å²) in [6.45, 7) is 20.3. The Bertz CT molecular complexity index is 1120. The maximum Gasteiger partial charge on any atom is 0.314 e. The number of fused-ring (bicyclic) bond motifs is 7. The molecular formula is C33H50O5. The number of aliphatic carboxylic acids is 1. The molecule has 5 aliphatic carbocycles. The van der Waals surface area contributed by atoms with Crippen LogP contribution in [-0.2, 0) is 19.1 Å². The summed E-state index contributed by atoms with van der Waals surface area (Å²) in [7, 11) is 0. The Morgan fingerprint density at radius 1 is 0.868 bits per heavy atom. The average molecular weight is 527 g/mol. The van der Waals surface area contributed by atoms with Crippen molar-refractivity contribution in [3.63, 3.8) is 0 Å². The number of hydrogen-bond donors (Lipinski definition) is 1. The number of Topliss-reactive ketones (excluding diaryl/α,β-unsaturated/α-hetero) is 1. The predicted molar refractivity (Wildman–Crippen MR) is 147 cm³/mol. The lowest BCUT2D eigenvalue weighted by Gasteiger charge is -2.76. The number of rotatable bonds is 3. The van der Waals surface area contributed by atoms with Crippen molar-refractivity contribution >= 4 is 17.7 Å². The highest BCUT2D eigenvalue weighted by Crippen LogP contribution is 2.81. The maximum absolute atomic E-state index is 13.4. The number of carbonyl (C=O) groups is 3. The van der Waals surface area contributed by atoms with Crippen molar-refractivity contribution in [2.45, 2.75) is 126 Å². The lowest BCUT2D eigenvalue weighted by atomic mass is 9.28. The van der Waals surface area contributed by atoms with Crippen LogP contribution >= 0.6 is 0 Å². The van der Waals surface area contributed by atoms with Crippen molar-refractivity contribution in [3.8, 4) is 0 Å². The lowest BCUT2D eigenvalue weighted by molar-refractivity contribution is -0.277. The third-order valence-corrected chi connectivity index (χ3v) is 14.1. The van der Waals surface area contributed by atoms with Crippen molar-refractivity contribution < 1.29 is 24.2 Å². The van der Waals surface area contributed by atoms with Crippen LogP contribution in [0.1, 0.15) is 120 Å². The van der Waals surface area contributed by atoms with Gasteiger partial charge in [0.2, 0.25) is 0 Å². The van der Waals surface area contributed by atoms with E-state index < -0.39 is 11.4 Å². The minimum atomic E-state index is -1.00. The summed E-state index contributed by atoms with van der Waals surface area (Å²) >= 11 is 0. The van der Waals surface area contributed by atoms with Crippen LogP contribution in [-0.4, -0.2) is 28.9 Å². The molecule has 0 amide bonds. The molecule has 0 spiro atoms. The first kappa shape index (κ1) is 27.9. The fraction of sp³-hybridized carbons (Fsp3) is 0.848. The molecule has 0 bridgehead atoms.